The highest BCUT2D eigenvalue weighted by Gasteiger charge is 2.06. The van der Waals surface area contributed by atoms with Crippen LogP contribution in [0.2, 0.25) is 0 Å². The Morgan fingerprint density at radius 1 is 0.938 bits per heavy atom. The van der Waals surface area contributed by atoms with Gasteiger partial charge in [-0.2, -0.15) is 0 Å². The Morgan fingerprint density at radius 3 is 2.44 bits per heavy atom. The van der Waals surface area contributed by atoms with Crippen molar-refractivity contribution >= 4 is 17.6 Å². The van der Waals surface area contributed by atoms with Crippen molar-refractivity contribution in [3.8, 4) is 17.4 Å². The molecule has 3 rings (SSSR count). The highest BCUT2D eigenvalue weighted by Crippen LogP contribution is 2.23. The normalized spacial score (nSPS) is 10.2. The highest BCUT2D eigenvalue weighted by atomic mass is 16.5. The summed E-state index contributed by atoms with van der Waals surface area (Å²) in [5, 5.41) is 8.18. The quantitative estimate of drug-likeness (QED) is 0.446. The SMILES string of the molecule is CCOc1ccc(Oc2cc(CNC(=O)CCNC(=O)Nc3ccccc3)ccn2)cc1. The number of carbonyl (C=O) groups is 2. The summed E-state index contributed by atoms with van der Waals surface area (Å²) in [4.78, 5) is 28.1. The van der Waals surface area contributed by atoms with E-state index in [2.05, 4.69) is 20.9 Å². The summed E-state index contributed by atoms with van der Waals surface area (Å²) in [5.41, 5.74) is 1.54. The molecule has 1 aromatic heterocycles. The first-order valence-electron chi connectivity index (χ1n) is 10.3. The van der Waals surface area contributed by atoms with Crippen LogP contribution in [0.4, 0.5) is 10.5 Å². The van der Waals surface area contributed by atoms with E-state index in [1.165, 1.54) is 0 Å². The molecule has 0 unspecified atom stereocenters. The number of nitrogens with one attached hydrogen (secondary N) is 3. The molecule has 0 atom stereocenters. The van der Waals surface area contributed by atoms with Crippen LogP contribution in [0.15, 0.2) is 72.9 Å². The van der Waals surface area contributed by atoms with Gasteiger partial charge in [0.2, 0.25) is 11.8 Å². The Bertz CT molecular complexity index is 1010. The summed E-state index contributed by atoms with van der Waals surface area (Å²) in [6, 6.07) is 19.6. The van der Waals surface area contributed by atoms with Gasteiger partial charge in [0.05, 0.1) is 6.61 Å². The first-order chi connectivity index (χ1) is 15.6. The summed E-state index contributed by atoms with van der Waals surface area (Å²) >= 11 is 0. The molecule has 0 saturated heterocycles. The molecule has 32 heavy (non-hydrogen) atoms. The maximum absolute atomic E-state index is 12.1. The van der Waals surface area contributed by atoms with Gasteiger partial charge in [-0.3, -0.25) is 4.79 Å². The summed E-state index contributed by atoms with van der Waals surface area (Å²) in [6.45, 7) is 3.09. The minimum Gasteiger partial charge on any atom is -0.494 e. The van der Waals surface area contributed by atoms with Crippen molar-refractivity contribution in [2.75, 3.05) is 18.5 Å². The molecule has 3 aromatic rings. The Kier molecular flexibility index (Phi) is 8.44. The number of para-hydroxylation sites is 1. The molecule has 0 radical (unpaired) electrons. The second kappa shape index (κ2) is 11.9. The third-order valence-electron chi connectivity index (χ3n) is 4.32. The monoisotopic (exact) mass is 434 g/mol. The van der Waals surface area contributed by atoms with E-state index in [4.69, 9.17) is 9.47 Å². The van der Waals surface area contributed by atoms with Crippen LogP contribution < -0.4 is 25.4 Å². The molecule has 0 aliphatic heterocycles. The smallest absolute Gasteiger partial charge is 0.319 e. The van der Waals surface area contributed by atoms with Gasteiger partial charge in [-0.1, -0.05) is 18.2 Å². The van der Waals surface area contributed by atoms with Gasteiger partial charge >= 0.3 is 6.03 Å². The van der Waals surface area contributed by atoms with Crippen LogP contribution in [0.25, 0.3) is 0 Å². The minimum atomic E-state index is -0.353. The molecule has 0 fully saturated rings. The van der Waals surface area contributed by atoms with Crippen molar-refractivity contribution in [3.05, 3.63) is 78.5 Å². The van der Waals surface area contributed by atoms with Gasteiger partial charge in [0.25, 0.3) is 0 Å². The summed E-state index contributed by atoms with van der Waals surface area (Å²) < 4.78 is 11.2. The Morgan fingerprint density at radius 2 is 1.69 bits per heavy atom. The number of nitrogens with zero attached hydrogens (tertiary/aromatic N) is 1. The third-order valence-corrected chi connectivity index (χ3v) is 4.32. The molecule has 1 heterocycles. The molecule has 166 valence electrons. The van der Waals surface area contributed by atoms with Crippen LogP contribution in [0.3, 0.4) is 0 Å². The fraction of sp³-hybridized carbons (Fsp3) is 0.208. The zero-order chi connectivity index (χ0) is 22.6. The second-order valence-electron chi connectivity index (χ2n) is 6.78. The van der Waals surface area contributed by atoms with Gasteiger partial charge in [-0.05, 0) is 55.0 Å². The van der Waals surface area contributed by atoms with Crippen LogP contribution in [0.1, 0.15) is 18.9 Å². The van der Waals surface area contributed by atoms with Gasteiger partial charge in [-0.25, -0.2) is 9.78 Å². The lowest BCUT2D eigenvalue weighted by Gasteiger charge is -2.10. The van der Waals surface area contributed by atoms with Gasteiger partial charge < -0.3 is 25.4 Å². The van der Waals surface area contributed by atoms with Crippen molar-refractivity contribution in [2.24, 2.45) is 0 Å². The van der Waals surface area contributed by atoms with E-state index in [-0.39, 0.29) is 24.9 Å². The molecule has 8 nitrogen and oxygen atoms in total. The number of aromatic nitrogens is 1. The molecule has 0 aliphatic rings. The molecule has 0 aliphatic carbocycles. The van der Waals surface area contributed by atoms with Crippen LogP contribution >= 0.6 is 0 Å². The van der Waals surface area contributed by atoms with E-state index < -0.39 is 0 Å². The standard InChI is InChI=1S/C24H26N4O4/c1-2-31-20-8-10-21(11-9-20)32-23-16-18(12-14-25-23)17-27-22(29)13-15-26-24(30)28-19-6-4-3-5-7-19/h3-12,14,16H,2,13,15,17H2,1H3,(H,27,29)(H2,26,28,30). The zero-order valence-corrected chi connectivity index (χ0v) is 17.8. The first-order valence-corrected chi connectivity index (χ1v) is 10.3. The van der Waals surface area contributed by atoms with E-state index in [0.29, 0.717) is 30.5 Å². The minimum absolute atomic E-state index is 0.169. The van der Waals surface area contributed by atoms with Crippen molar-refractivity contribution in [1.29, 1.82) is 0 Å². The van der Waals surface area contributed by atoms with Gasteiger partial charge in [-0.15, -0.1) is 0 Å². The summed E-state index contributed by atoms with van der Waals surface area (Å²) in [5.74, 6) is 1.68. The first kappa shape index (κ1) is 22.6. The Hall–Kier alpha value is -4.07. The molecule has 8 heteroatoms. The predicted octanol–water partition coefficient (Wildman–Crippen LogP) is 4.10. The number of anilines is 1. The molecule has 3 amide bonds. The number of ether oxygens (including phenoxy) is 2. The molecule has 2 aromatic carbocycles. The Labute approximate surface area is 187 Å². The van der Waals surface area contributed by atoms with E-state index >= 15 is 0 Å². The van der Waals surface area contributed by atoms with Crippen LogP contribution in [-0.2, 0) is 11.3 Å². The van der Waals surface area contributed by atoms with E-state index in [1.807, 2.05) is 49.4 Å². The van der Waals surface area contributed by atoms with Crippen LogP contribution in [0, 0.1) is 0 Å². The number of pyridine rings is 1. The van der Waals surface area contributed by atoms with Crippen molar-refractivity contribution < 1.29 is 19.1 Å². The topological polar surface area (TPSA) is 102 Å². The van der Waals surface area contributed by atoms with Gasteiger partial charge in [0.15, 0.2) is 0 Å². The number of amides is 3. The van der Waals surface area contributed by atoms with Crippen LogP contribution in [-0.4, -0.2) is 30.1 Å². The van der Waals surface area contributed by atoms with Gasteiger partial charge in [0, 0.05) is 37.5 Å². The lowest BCUT2D eigenvalue weighted by atomic mass is 10.2. The summed E-state index contributed by atoms with van der Waals surface area (Å²) in [6.07, 6.45) is 1.80. The molecule has 0 bridgehead atoms. The lowest BCUT2D eigenvalue weighted by molar-refractivity contribution is -0.121. The zero-order valence-electron chi connectivity index (χ0n) is 17.8. The maximum atomic E-state index is 12.1. The largest absolute Gasteiger partial charge is 0.494 e. The average Bonchev–Trinajstić information content (AvgIpc) is 2.80. The average molecular weight is 434 g/mol. The third kappa shape index (κ3) is 7.64. The van der Waals surface area contributed by atoms with Crippen molar-refractivity contribution in [2.45, 2.75) is 19.9 Å². The highest BCUT2D eigenvalue weighted by molar-refractivity contribution is 5.89. The fourth-order valence-corrected chi connectivity index (χ4v) is 2.78. The number of benzene rings is 2. The number of urea groups is 1. The predicted molar refractivity (Wildman–Crippen MR) is 122 cm³/mol. The fourth-order valence-electron chi connectivity index (χ4n) is 2.78. The van der Waals surface area contributed by atoms with E-state index in [9.17, 15) is 9.59 Å². The molecule has 3 N–H and O–H groups in total. The molecule has 0 saturated carbocycles. The van der Waals surface area contributed by atoms with Crippen molar-refractivity contribution in [3.63, 3.8) is 0 Å². The van der Waals surface area contributed by atoms with Gasteiger partial charge in [0.1, 0.15) is 11.5 Å². The molecular formula is C24H26N4O4. The summed E-state index contributed by atoms with van der Waals surface area (Å²) in [7, 11) is 0. The number of carbonyl (C=O) groups excluding carboxylic acids is 2. The number of hydrogen-bond donors (Lipinski definition) is 3. The number of hydrogen-bond acceptors (Lipinski definition) is 5. The second-order valence-corrected chi connectivity index (χ2v) is 6.78. The Balaban J connectivity index is 1.39. The maximum Gasteiger partial charge on any atom is 0.319 e. The van der Waals surface area contributed by atoms with Crippen molar-refractivity contribution in [1.82, 2.24) is 15.6 Å². The van der Waals surface area contributed by atoms with Crippen LogP contribution in [0.5, 0.6) is 17.4 Å². The van der Waals surface area contributed by atoms with E-state index in [0.717, 1.165) is 11.3 Å². The van der Waals surface area contributed by atoms with E-state index in [1.54, 1.807) is 30.5 Å². The number of rotatable bonds is 10. The molecular weight excluding hydrogens is 408 g/mol. The lowest BCUT2D eigenvalue weighted by Crippen LogP contribution is -2.33. The molecule has 0 spiro atoms.